The fourth-order valence-corrected chi connectivity index (χ4v) is 3.79. The van der Waals surface area contributed by atoms with Crippen molar-refractivity contribution in [1.29, 1.82) is 0 Å². The van der Waals surface area contributed by atoms with Gasteiger partial charge in [0.2, 0.25) is 5.91 Å². The molecular formula is C21H22N2O. The first-order valence-corrected chi connectivity index (χ1v) is 8.52. The summed E-state index contributed by atoms with van der Waals surface area (Å²) in [6, 6.07) is 16.8. The third kappa shape index (κ3) is 2.41. The lowest BCUT2D eigenvalue weighted by Gasteiger charge is -2.29. The number of aryl methyl sites for hydroxylation is 1. The van der Waals surface area contributed by atoms with Gasteiger partial charge in [-0.25, -0.2) is 0 Å². The molecule has 0 saturated carbocycles. The van der Waals surface area contributed by atoms with Gasteiger partial charge < -0.3 is 9.47 Å². The molecule has 0 radical (unpaired) electrons. The van der Waals surface area contributed by atoms with Crippen molar-refractivity contribution < 1.29 is 4.79 Å². The molecule has 0 saturated heterocycles. The molecule has 24 heavy (non-hydrogen) atoms. The number of rotatable bonds is 2. The Morgan fingerprint density at radius 1 is 1.04 bits per heavy atom. The number of fused-ring (bicyclic) bond motifs is 2. The summed E-state index contributed by atoms with van der Waals surface area (Å²) in [6.45, 7) is 3.66. The Morgan fingerprint density at radius 2 is 1.75 bits per heavy atom. The van der Waals surface area contributed by atoms with Gasteiger partial charge in [-0.15, -0.1) is 0 Å². The lowest BCUT2D eigenvalue weighted by molar-refractivity contribution is -0.131. The smallest absolute Gasteiger partial charge is 0.227 e. The molecule has 3 nitrogen and oxygen atoms in total. The minimum Gasteiger partial charge on any atom is -0.348 e. The Kier molecular flexibility index (Phi) is 3.64. The quantitative estimate of drug-likeness (QED) is 0.708. The van der Waals surface area contributed by atoms with Crippen LogP contribution in [0.4, 0.5) is 0 Å². The number of para-hydroxylation sites is 1. The average Bonchev–Trinajstić information content (AvgIpc) is 2.86. The molecule has 0 spiro atoms. The van der Waals surface area contributed by atoms with Crippen LogP contribution in [0, 0.1) is 6.92 Å². The molecule has 1 aromatic heterocycles. The van der Waals surface area contributed by atoms with E-state index in [4.69, 9.17) is 0 Å². The van der Waals surface area contributed by atoms with Crippen molar-refractivity contribution in [2.75, 3.05) is 6.54 Å². The number of hydrogen-bond donors (Lipinski definition) is 0. The first-order chi connectivity index (χ1) is 11.6. The number of amides is 1. The fraction of sp³-hybridized carbons (Fsp3) is 0.286. The molecule has 0 bridgehead atoms. The number of carbonyl (C=O) groups excluding carboxylic acids is 1. The summed E-state index contributed by atoms with van der Waals surface area (Å²) < 4.78 is 2.18. The van der Waals surface area contributed by atoms with E-state index in [1.54, 1.807) is 0 Å². The third-order valence-electron chi connectivity index (χ3n) is 5.34. The standard InChI is InChI=1S/C21H22N2O/c1-15-19(18-9-5-6-10-20(18)22(15)2)13-21(24)23-12-11-16-7-3-4-8-17(16)14-23/h3-10H,11-14H2,1-2H3. The molecule has 0 aliphatic carbocycles. The Hall–Kier alpha value is -2.55. The van der Waals surface area contributed by atoms with Crippen molar-refractivity contribution in [3.63, 3.8) is 0 Å². The van der Waals surface area contributed by atoms with Gasteiger partial charge in [-0.3, -0.25) is 4.79 Å². The van der Waals surface area contributed by atoms with Crippen LogP contribution in [0.5, 0.6) is 0 Å². The molecule has 3 heteroatoms. The second-order valence-electron chi connectivity index (χ2n) is 6.65. The molecule has 122 valence electrons. The molecule has 0 unspecified atom stereocenters. The molecule has 1 aliphatic rings. The summed E-state index contributed by atoms with van der Waals surface area (Å²) in [5.74, 6) is 0.226. The van der Waals surface area contributed by atoms with Gasteiger partial charge in [0.05, 0.1) is 6.42 Å². The topological polar surface area (TPSA) is 25.2 Å². The second-order valence-corrected chi connectivity index (χ2v) is 6.65. The predicted molar refractivity (Wildman–Crippen MR) is 96.9 cm³/mol. The van der Waals surface area contributed by atoms with Gasteiger partial charge in [0.15, 0.2) is 0 Å². The molecule has 2 aromatic carbocycles. The van der Waals surface area contributed by atoms with Crippen LogP contribution in [0.2, 0.25) is 0 Å². The first kappa shape index (κ1) is 15.0. The number of benzene rings is 2. The third-order valence-corrected chi connectivity index (χ3v) is 5.34. The molecule has 3 aromatic rings. The van der Waals surface area contributed by atoms with E-state index < -0.39 is 0 Å². The summed E-state index contributed by atoms with van der Waals surface area (Å²) >= 11 is 0. The largest absolute Gasteiger partial charge is 0.348 e. The van der Waals surface area contributed by atoms with Gasteiger partial charge in [-0.1, -0.05) is 42.5 Å². The Balaban J connectivity index is 1.61. The lowest BCUT2D eigenvalue weighted by Crippen LogP contribution is -2.36. The fourth-order valence-electron chi connectivity index (χ4n) is 3.79. The van der Waals surface area contributed by atoms with Crippen molar-refractivity contribution in [2.24, 2.45) is 7.05 Å². The summed E-state index contributed by atoms with van der Waals surface area (Å²) in [7, 11) is 2.07. The van der Waals surface area contributed by atoms with Crippen molar-refractivity contribution in [3.05, 3.63) is 70.9 Å². The SMILES string of the molecule is Cc1c(CC(=O)N2CCc3ccccc3C2)c2ccccc2n1C. The van der Waals surface area contributed by atoms with Crippen LogP contribution in [0.25, 0.3) is 10.9 Å². The van der Waals surface area contributed by atoms with E-state index in [1.165, 1.54) is 27.7 Å². The van der Waals surface area contributed by atoms with E-state index in [0.717, 1.165) is 25.1 Å². The van der Waals surface area contributed by atoms with Crippen LogP contribution >= 0.6 is 0 Å². The summed E-state index contributed by atoms with van der Waals surface area (Å²) in [4.78, 5) is 14.9. The van der Waals surface area contributed by atoms with Crippen molar-refractivity contribution >= 4 is 16.8 Å². The van der Waals surface area contributed by atoms with Crippen LogP contribution in [0.3, 0.4) is 0 Å². The van der Waals surface area contributed by atoms with E-state index in [0.29, 0.717) is 6.42 Å². The number of hydrogen-bond acceptors (Lipinski definition) is 1. The monoisotopic (exact) mass is 318 g/mol. The van der Waals surface area contributed by atoms with Gasteiger partial charge in [-0.05, 0) is 36.1 Å². The Labute approximate surface area is 142 Å². The zero-order valence-corrected chi connectivity index (χ0v) is 14.2. The highest BCUT2D eigenvalue weighted by molar-refractivity contribution is 5.90. The summed E-state index contributed by atoms with van der Waals surface area (Å²) in [5, 5.41) is 1.20. The van der Waals surface area contributed by atoms with Gasteiger partial charge in [0.1, 0.15) is 0 Å². The molecule has 1 aliphatic heterocycles. The number of carbonyl (C=O) groups is 1. The maximum Gasteiger partial charge on any atom is 0.227 e. The zero-order chi connectivity index (χ0) is 16.7. The van der Waals surface area contributed by atoms with Gasteiger partial charge in [-0.2, -0.15) is 0 Å². The van der Waals surface area contributed by atoms with Crippen LogP contribution in [0.15, 0.2) is 48.5 Å². The van der Waals surface area contributed by atoms with Crippen molar-refractivity contribution in [3.8, 4) is 0 Å². The maximum absolute atomic E-state index is 12.9. The first-order valence-electron chi connectivity index (χ1n) is 8.52. The molecule has 4 rings (SSSR count). The minimum absolute atomic E-state index is 0.226. The van der Waals surface area contributed by atoms with Crippen LogP contribution < -0.4 is 0 Å². The maximum atomic E-state index is 12.9. The zero-order valence-electron chi connectivity index (χ0n) is 14.2. The number of nitrogens with zero attached hydrogens (tertiary/aromatic N) is 2. The van der Waals surface area contributed by atoms with E-state index in [9.17, 15) is 4.79 Å². The van der Waals surface area contributed by atoms with Crippen molar-refractivity contribution in [2.45, 2.75) is 26.3 Å². The molecule has 1 amide bonds. The molecule has 0 N–H and O–H groups in total. The van der Waals surface area contributed by atoms with Crippen LogP contribution in [-0.4, -0.2) is 21.9 Å². The molecule has 0 atom stereocenters. The highest BCUT2D eigenvalue weighted by Gasteiger charge is 2.22. The van der Waals surface area contributed by atoms with E-state index >= 15 is 0 Å². The Bertz CT molecular complexity index is 923. The van der Waals surface area contributed by atoms with E-state index in [-0.39, 0.29) is 5.91 Å². The highest BCUT2D eigenvalue weighted by atomic mass is 16.2. The Morgan fingerprint density at radius 3 is 2.58 bits per heavy atom. The summed E-state index contributed by atoms with van der Waals surface area (Å²) in [5.41, 5.74) is 6.20. The second kappa shape index (κ2) is 5.82. The summed E-state index contributed by atoms with van der Waals surface area (Å²) in [6.07, 6.45) is 1.44. The highest BCUT2D eigenvalue weighted by Crippen LogP contribution is 2.26. The van der Waals surface area contributed by atoms with Gasteiger partial charge in [0.25, 0.3) is 0 Å². The van der Waals surface area contributed by atoms with E-state index in [2.05, 4.69) is 61.0 Å². The lowest BCUT2D eigenvalue weighted by atomic mass is 9.99. The van der Waals surface area contributed by atoms with Crippen molar-refractivity contribution in [1.82, 2.24) is 9.47 Å². The molecular weight excluding hydrogens is 296 g/mol. The van der Waals surface area contributed by atoms with Crippen LogP contribution in [-0.2, 0) is 31.2 Å². The molecule has 2 heterocycles. The van der Waals surface area contributed by atoms with E-state index in [1.807, 2.05) is 11.0 Å². The van der Waals surface area contributed by atoms with Gasteiger partial charge >= 0.3 is 0 Å². The minimum atomic E-state index is 0.226. The average molecular weight is 318 g/mol. The predicted octanol–water partition coefficient (Wildman–Crippen LogP) is 3.61. The van der Waals surface area contributed by atoms with Crippen LogP contribution in [0.1, 0.15) is 22.4 Å². The van der Waals surface area contributed by atoms with Gasteiger partial charge in [0, 0.05) is 36.7 Å². The molecule has 0 fully saturated rings. The normalized spacial score (nSPS) is 14.0. The number of aromatic nitrogens is 1.